The highest BCUT2D eigenvalue weighted by molar-refractivity contribution is 8.12. The van der Waals surface area contributed by atoms with Gasteiger partial charge in [0.2, 0.25) is 0 Å². The number of carbonyl (C=O) groups excluding carboxylic acids is 1. The summed E-state index contributed by atoms with van der Waals surface area (Å²) in [4.78, 5) is 10.4. The van der Waals surface area contributed by atoms with E-state index in [1.807, 2.05) is 0 Å². The predicted molar refractivity (Wildman–Crippen MR) is 39.5 cm³/mol. The third-order valence-electron chi connectivity index (χ3n) is 0.538. The fourth-order valence-corrected chi connectivity index (χ4v) is 0.711. The van der Waals surface area contributed by atoms with Crippen molar-refractivity contribution in [1.29, 1.82) is 0 Å². The van der Waals surface area contributed by atoms with Crippen LogP contribution in [0.3, 0.4) is 0 Å². The molecule has 0 aromatic heterocycles. The molecule has 0 unspecified atom stereocenters. The second-order valence-corrected chi connectivity index (χ2v) is 3.73. The maximum Gasteiger partial charge on any atom is 0.422 e. The molecule has 0 radical (unpaired) electrons. The molecule has 0 aliphatic heterocycles. The third kappa shape index (κ3) is 7.14. The third-order valence-corrected chi connectivity index (χ3v) is 1.18. The number of hydrogen-bond donors (Lipinski definition) is 1. The highest BCUT2D eigenvalue weighted by atomic mass is 35.7. The van der Waals surface area contributed by atoms with Gasteiger partial charge in [-0.3, -0.25) is 0 Å². The fraction of sp³-hybridized carbons (Fsp3) is 0.250. The van der Waals surface area contributed by atoms with Crippen LogP contribution < -0.4 is 4.72 Å². The van der Waals surface area contributed by atoms with Crippen LogP contribution in [-0.2, 0) is 14.0 Å². The van der Waals surface area contributed by atoms with E-state index >= 15 is 0 Å². The molecular formula is C4H6ClNO4S. The van der Waals surface area contributed by atoms with E-state index in [2.05, 4.69) is 22.0 Å². The van der Waals surface area contributed by atoms with Crippen molar-refractivity contribution in [3.8, 4) is 0 Å². The molecule has 64 valence electrons. The molecule has 0 aliphatic rings. The highest BCUT2D eigenvalue weighted by Crippen LogP contribution is 1.90. The largest absolute Gasteiger partial charge is 0.445 e. The van der Waals surface area contributed by atoms with E-state index in [0.29, 0.717) is 0 Å². The van der Waals surface area contributed by atoms with E-state index in [0.717, 1.165) is 0 Å². The van der Waals surface area contributed by atoms with E-state index in [4.69, 9.17) is 0 Å². The number of ether oxygens (including phenoxy) is 1. The second-order valence-electron chi connectivity index (χ2n) is 1.43. The Hall–Kier alpha value is -0.750. The lowest BCUT2D eigenvalue weighted by Crippen LogP contribution is -2.27. The lowest BCUT2D eigenvalue weighted by Gasteiger charge is -1.99. The van der Waals surface area contributed by atoms with Crippen LogP contribution >= 0.6 is 10.7 Å². The van der Waals surface area contributed by atoms with Gasteiger partial charge in [0.05, 0.1) is 0 Å². The van der Waals surface area contributed by atoms with Crippen LogP contribution in [-0.4, -0.2) is 21.1 Å². The zero-order valence-electron chi connectivity index (χ0n) is 5.41. The Morgan fingerprint density at radius 3 is 2.64 bits per heavy atom. The van der Waals surface area contributed by atoms with Crippen molar-refractivity contribution < 1.29 is 17.9 Å². The number of amides is 1. The monoisotopic (exact) mass is 199 g/mol. The standard InChI is InChI=1S/C4H6ClNO4S/c1-2-3-10-4(7)6-11(5,8)9/h2H,1,3H2,(H,6,7). The van der Waals surface area contributed by atoms with Gasteiger partial charge in [0.25, 0.3) is 0 Å². The van der Waals surface area contributed by atoms with E-state index in [-0.39, 0.29) is 6.61 Å². The van der Waals surface area contributed by atoms with Gasteiger partial charge in [-0.1, -0.05) is 12.7 Å². The van der Waals surface area contributed by atoms with Crippen molar-refractivity contribution in [2.45, 2.75) is 0 Å². The summed E-state index contributed by atoms with van der Waals surface area (Å²) in [5, 5.41) is 0. The molecule has 0 atom stereocenters. The van der Waals surface area contributed by atoms with Gasteiger partial charge in [0, 0.05) is 10.7 Å². The summed E-state index contributed by atoms with van der Waals surface area (Å²) in [6.45, 7) is 3.17. The number of hydrogen-bond acceptors (Lipinski definition) is 4. The van der Waals surface area contributed by atoms with E-state index in [1.54, 1.807) is 0 Å². The Balaban J connectivity index is 3.80. The average molecular weight is 200 g/mol. The van der Waals surface area contributed by atoms with Crippen molar-refractivity contribution in [2.24, 2.45) is 0 Å². The second kappa shape index (κ2) is 4.20. The molecule has 0 rings (SSSR count). The summed E-state index contributed by atoms with van der Waals surface area (Å²) in [6.07, 6.45) is 0.167. The van der Waals surface area contributed by atoms with Gasteiger partial charge in [0.15, 0.2) is 0 Å². The SMILES string of the molecule is C=CCOC(=O)NS(=O)(=O)Cl. The number of carbonyl (C=O) groups is 1. The number of nitrogens with one attached hydrogen (secondary N) is 1. The molecule has 0 saturated carbocycles. The zero-order chi connectivity index (χ0) is 8.91. The molecule has 0 aliphatic carbocycles. The van der Waals surface area contributed by atoms with Gasteiger partial charge < -0.3 is 4.74 Å². The van der Waals surface area contributed by atoms with E-state index < -0.39 is 15.3 Å². The smallest absolute Gasteiger partial charge is 0.422 e. The van der Waals surface area contributed by atoms with Crippen molar-refractivity contribution in [3.05, 3.63) is 12.7 Å². The maximum atomic E-state index is 10.4. The maximum absolute atomic E-state index is 10.4. The van der Waals surface area contributed by atoms with E-state index in [1.165, 1.54) is 10.8 Å². The molecule has 0 aromatic rings. The summed E-state index contributed by atoms with van der Waals surface area (Å²) in [5.74, 6) is 0. The summed E-state index contributed by atoms with van der Waals surface area (Å²) in [7, 11) is 0.601. The van der Waals surface area contributed by atoms with Gasteiger partial charge >= 0.3 is 15.3 Å². The average Bonchev–Trinajstić information content (AvgIpc) is 1.79. The molecule has 0 saturated heterocycles. The van der Waals surface area contributed by atoms with Gasteiger partial charge in [-0.2, -0.15) is 8.42 Å². The quantitative estimate of drug-likeness (QED) is 0.527. The summed E-state index contributed by atoms with van der Waals surface area (Å²) < 4.78 is 25.9. The molecule has 0 fully saturated rings. The summed E-state index contributed by atoms with van der Waals surface area (Å²) in [5.41, 5.74) is 0. The van der Waals surface area contributed by atoms with Crippen LogP contribution in [0.4, 0.5) is 4.79 Å². The Morgan fingerprint density at radius 1 is 1.73 bits per heavy atom. The first-order chi connectivity index (χ1) is 4.95. The molecule has 1 amide bonds. The molecule has 0 bridgehead atoms. The van der Waals surface area contributed by atoms with Crippen molar-refractivity contribution in [3.63, 3.8) is 0 Å². The lowest BCUT2D eigenvalue weighted by molar-refractivity contribution is 0.165. The normalized spacial score (nSPS) is 10.3. The van der Waals surface area contributed by atoms with Crippen molar-refractivity contribution >= 4 is 26.0 Å². The van der Waals surface area contributed by atoms with Crippen LogP contribution in [0.25, 0.3) is 0 Å². The lowest BCUT2D eigenvalue weighted by atomic mass is 10.7. The Morgan fingerprint density at radius 2 is 2.27 bits per heavy atom. The van der Waals surface area contributed by atoms with E-state index in [9.17, 15) is 13.2 Å². The van der Waals surface area contributed by atoms with Crippen molar-refractivity contribution in [2.75, 3.05) is 6.61 Å². The zero-order valence-corrected chi connectivity index (χ0v) is 6.98. The van der Waals surface area contributed by atoms with Gasteiger partial charge in [-0.25, -0.2) is 9.52 Å². The van der Waals surface area contributed by atoms with Crippen LogP contribution in [0.2, 0.25) is 0 Å². The molecule has 0 aromatic carbocycles. The van der Waals surface area contributed by atoms with Crippen LogP contribution in [0.1, 0.15) is 0 Å². The number of halogens is 1. The summed E-state index contributed by atoms with van der Waals surface area (Å²) in [6, 6.07) is 0. The first-order valence-corrected chi connectivity index (χ1v) is 4.76. The molecule has 5 nitrogen and oxygen atoms in total. The first kappa shape index (κ1) is 10.2. The van der Waals surface area contributed by atoms with Gasteiger partial charge in [0.1, 0.15) is 6.61 Å². The van der Waals surface area contributed by atoms with Crippen LogP contribution in [0, 0.1) is 0 Å². The molecular weight excluding hydrogens is 194 g/mol. The topological polar surface area (TPSA) is 72.5 Å². The first-order valence-electron chi connectivity index (χ1n) is 2.46. The Kier molecular flexibility index (Phi) is 3.91. The minimum absolute atomic E-state index is 0.0712. The number of rotatable bonds is 3. The minimum atomic E-state index is -4.04. The molecule has 1 N–H and O–H groups in total. The fourth-order valence-electron chi connectivity index (χ4n) is 0.264. The highest BCUT2D eigenvalue weighted by Gasteiger charge is 2.09. The Bertz CT molecular complexity index is 247. The van der Waals surface area contributed by atoms with Crippen molar-refractivity contribution in [1.82, 2.24) is 4.72 Å². The predicted octanol–water partition coefficient (Wildman–Crippen LogP) is 0.382. The minimum Gasteiger partial charge on any atom is -0.445 e. The van der Waals surface area contributed by atoms with Gasteiger partial charge in [-0.05, 0) is 0 Å². The molecule has 7 heteroatoms. The molecule has 0 heterocycles. The van der Waals surface area contributed by atoms with Crippen LogP contribution in [0.15, 0.2) is 12.7 Å². The molecule has 11 heavy (non-hydrogen) atoms. The van der Waals surface area contributed by atoms with Gasteiger partial charge in [-0.15, -0.1) is 0 Å². The summed E-state index contributed by atoms with van der Waals surface area (Å²) >= 11 is 0. The Labute approximate surface area is 68.5 Å². The van der Waals surface area contributed by atoms with Crippen LogP contribution in [0.5, 0.6) is 0 Å². The molecule has 0 spiro atoms.